The second kappa shape index (κ2) is 7.75. The molecule has 1 heterocycles. The largest absolute Gasteiger partial charge is 0.394 e. The molecule has 2 aromatic carbocycles. The first kappa shape index (κ1) is 18.8. The summed E-state index contributed by atoms with van der Waals surface area (Å²) in [6.07, 6.45) is 2.85. The predicted molar refractivity (Wildman–Crippen MR) is 105 cm³/mol. The van der Waals surface area contributed by atoms with Crippen LogP contribution in [0.1, 0.15) is 44.9 Å². The molecule has 2 N–H and O–H groups in total. The SMILES string of the molecule is Cc1cc(C)cc(/C=C/[C@H]2c3c(C)cc(C)cc3CO[C@@H]2[C@H](O)CO)c1. The molecular formula is C23H28O3. The average Bonchev–Trinajstić information content (AvgIpc) is 2.57. The van der Waals surface area contributed by atoms with Crippen LogP contribution in [0.25, 0.3) is 6.08 Å². The van der Waals surface area contributed by atoms with Crippen molar-refractivity contribution in [2.24, 2.45) is 0 Å². The summed E-state index contributed by atoms with van der Waals surface area (Å²) in [5.41, 5.74) is 8.37. The van der Waals surface area contributed by atoms with Crippen LogP contribution in [0.5, 0.6) is 0 Å². The Kier molecular flexibility index (Phi) is 5.61. The number of benzene rings is 2. The summed E-state index contributed by atoms with van der Waals surface area (Å²) < 4.78 is 5.95. The third-order valence-electron chi connectivity index (χ3n) is 5.04. The third kappa shape index (κ3) is 3.90. The molecule has 0 unspecified atom stereocenters. The van der Waals surface area contributed by atoms with Crippen molar-refractivity contribution in [1.82, 2.24) is 0 Å². The van der Waals surface area contributed by atoms with Gasteiger partial charge in [-0.3, -0.25) is 0 Å². The summed E-state index contributed by atoms with van der Waals surface area (Å²) >= 11 is 0. The minimum Gasteiger partial charge on any atom is -0.394 e. The van der Waals surface area contributed by atoms with Crippen molar-refractivity contribution in [3.05, 3.63) is 75.4 Å². The van der Waals surface area contributed by atoms with Gasteiger partial charge in [-0.25, -0.2) is 0 Å². The minimum atomic E-state index is -0.905. The van der Waals surface area contributed by atoms with Gasteiger partial charge in [0, 0.05) is 5.92 Å². The number of hydrogen-bond donors (Lipinski definition) is 2. The van der Waals surface area contributed by atoms with Crippen molar-refractivity contribution in [3.8, 4) is 0 Å². The second-order valence-electron chi connectivity index (χ2n) is 7.49. The smallest absolute Gasteiger partial charge is 0.104 e. The zero-order valence-corrected chi connectivity index (χ0v) is 16.0. The van der Waals surface area contributed by atoms with Crippen LogP contribution >= 0.6 is 0 Å². The quantitative estimate of drug-likeness (QED) is 0.875. The number of hydrogen-bond acceptors (Lipinski definition) is 3. The van der Waals surface area contributed by atoms with E-state index in [-0.39, 0.29) is 12.5 Å². The van der Waals surface area contributed by atoms with Crippen LogP contribution in [0.4, 0.5) is 0 Å². The van der Waals surface area contributed by atoms with E-state index >= 15 is 0 Å². The fourth-order valence-electron chi connectivity index (χ4n) is 4.10. The normalized spacial score (nSPS) is 21.0. The Morgan fingerprint density at radius 2 is 1.69 bits per heavy atom. The first-order chi connectivity index (χ1) is 12.4. The van der Waals surface area contributed by atoms with Crippen molar-refractivity contribution in [2.45, 2.75) is 52.4 Å². The van der Waals surface area contributed by atoms with Gasteiger partial charge in [0.25, 0.3) is 0 Å². The highest BCUT2D eigenvalue weighted by atomic mass is 16.5. The molecule has 1 aliphatic rings. The lowest BCUT2D eigenvalue weighted by molar-refractivity contribution is -0.0788. The van der Waals surface area contributed by atoms with Gasteiger partial charge in [-0.05, 0) is 49.9 Å². The molecule has 1 aliphatic heterocycles. The van der Waals surface area contributed by atoms with Gasteiger partial charge >= 0.3 is 0 Å². The van der Waals surface area contributed by atoms with Crippen molar-refractivity contribution < 1.29 is 14.9 Å². The maximum atomic E-state index is 10.3. The van der Waals surface area contributed by atoms with Gasteiger partial charge in [0.15, 0.2) is 0 Å². The van der Waals surface area contributed by atoms with E-state index in [1.807, 2.05) is 0 Å². The molecule has 3 rings (SSSR count). The van der Waals surface area contributed by atoms with E-state index in [1.165, 1.54) is 33.4 Å². The summed E-state index contributed by atoms with van der Waals surface area (Å²) in [6.45, 7) is 8.54. The topological polar surface area (TPSA) is 49.7 Å². The summed E-state index contributed by atoms with van der Waals surface area (Å²) in [6, 6.07) is 10.8. The fourth-order valence-corrected chi connectivity index (χ4v) is 4.10. The van der Waals surface area contributed by atoms with Gasteiger partial charge < -0.3 is 14.9 Å². The molecule has 3 atom stereocenters. The van der Waals surface area contributed by atoms with Gasteiger partial charge in [-0.1, -0.05) is 59.2 Å². The van der Waals surface area contributed by atoms with Gasteiger partial charge in [-0.15, -0.1) is 0 Å². The van der Waals surface area contributed by atoms with Crippen LogP contribution in [0.3, 0.4) is 0 Å². The van der Waals surface area contributed by atoms with E-state index in [0.29, 0.717) is 6.61 Å². The zero-order valence-electron chi connectivity index (χ0n) is 16.0. The first-order valence-electron chi connectivity index (χ1n) is 9.16. The lowest BCUT2D eigenvalue weighted by Gasteiger charge is -2.35. The Morgan fingerprint density at radius 1 is 1.04 bits per heavy atom. The number of fused-ring (bicyclic) bond motifs is 1. The summed E-state index contributed by atoms with van der Waals surface area (Å²) in [5.74, 6) is -0.0951. The van der Waals surface area contributed by atoms with Crippen molar-refractivity contribution in [3.63, 3.8) is 0 Å². The fraction of sp³-hybridized carbons (Fsp3) is 0.391. The number of rotatable bonds is 4. The summed E-state index contributed by atoms with van der Waals surface area (Å²) in [7, 11) is 0. The molecule has 2 aromatic rings. The molecule has 3 nitrogen and oxygen atoms in total. The van der Waals surface area contributed by atoms with Crippen LogP contribution in [0, 0.1) is 27.7 Å². The molecule has 0 spiro atoms. The molecule has 26 heavy (non-hydrogen) atoms. The number of aryl methyl sites for hydroxylation is 4. The molecule has 0 saturated heterocycles. The van der Waals surface area contributed by atoms with Crippen molar-refractivity contribution >= 4 is 6.08 Å². The van der Waals surface area contributed by atoms with E-state index in [1.54, 1.807) is 0 Å². The zero-order chi connectivity index (χ0) is 18.8. The van der Waals surface area contributed by atoms with E-state index in [2.05, 4.69) is 70.2 Å². The number of aliphatic hydroxyl groups is 2. The molecule has 3 heteroatoms. The Bertz CT molecular complexity index is 802. The van der Waals surface area contributed by atoms with Crippen LogP contribution in [-0.4, -0.2) is 29.0 Å². The van der Waals surface area contributed by atoms with Crippen LogP contribution < -0.4 is 0 Å². The highest BCUT2D eigenvalue weighted by Crippen LogP contribution is 2.37. The average molecular weight is 352 g/mol. The van der Waals surface area contributed by atoms with Gasteiger partial charge in [0.1, 0.15) is 6.10 Å². The first-order valence-corrected chi connectivity index (χ1v) is 9.16. The second-order valence-corrected chi connectivity index (χ2v) is 7.49. The van der Waals surface area contributed by atoms with E-state index in [9.17, 15) is 10.2 Å². The molecule has 0 aliphatic carbocycles. The van der Waals surface area contributed by atoms with E-state index in [4.69, 9.17) is 4.74 Å². The highest BCUT2D eigenvalue weighted by Gasteiger charge is 2.34. The lowest BCUT2D eigenvalue weighted by Crippen LogP contribution is -2.39. The molecule has 0 amide bonds. The monoisotopic (exact) mass is 352 g/mol. The van der Waals surface area contributed by atoms with E-state index < -0.39 is 12.2 Å². The Balaban J connectivity index is 2.04. The van der Waals surface area contributed by atoms with Gasteiger partial charge in [0.2, 0.25) is 0 Å². The van der Waals surface area contributed by atoms with Crippen LogP contribution in [0.2, 0.25) is 0 Å². The highest BCUT2D eigenvalue weighted by molar-refractivity contribution is 5.55. The maximum absolute atomic E-state index is 10.3. The molecule has 0 aromatic heterocycles. The summed E-state index contributed by atoms with van der Waals surface area (Å²) in [4.78, 5) is 0. The maximum Gasteiger partial charge on any atom is 0.104 e. The number of aliphatic hydroxyl groups excluding tert-OH is 2. The van der Waals surface area contributed by atoms with Crippen LogP contribution in [-0.2, 0) is 11.3 Å². The standard InChI is InChI=1S/C23H28O3/c1-14-7-15(2)10-18(9-14)5-6-20-22-17(4)8-16(3)11-19(22)13-26-23(20)21(25)12-24/h5-11,20-21,23-25H,12-13H2,1-4H3/b6-5+/t20-,21+,23-/m0/s1. The third-order valence-corrected chi connectivity index (χ3v) is 5.04. The van der Waals surface area contributed by atoms with Crippen molar-refractivity contribution in [2.75, 3.05) is 6.61 Å². The Hall–Kier alpha value is -1.94. The van der Waals surface area contributed by atoms with E-state index in [0.717, 1.165) is 5.56 Å². The number of ether oxygens (including phenoxy) is 1. The molecule has 0 fully saturated rings. The lowest BCUT2D eigenvalue weighted by atomic mass is 9.81. The Morgan fingerprint density at radius 3 is 2.35 bits per heavy atom. The van der Waals surface area contributed by atoms with Gasteiger partial charge in [0.05, 0.1) is 19.3 Å². The van der Waals surface area contributed by atoms with Crippen molar-refractivity contribution in [1.29, 1.82) is 0 Å². The van der Waals surface area contributed by atoms with Gasteiger partial charge in [-0.2, -0.15) is 0 Å². The predicted octanol–water partition coefficient (Wildman–Crippen LogP) is 3.97. The molecular weight excluding hydrogens is 324 g/mol. The molecule has 0 bridgehead atoms. The Labute approximate surface area is 156 Å². The molecule has 0 saturated carbocycles. The van der Waals surface area contributed by atoms with Crippen LogP contribution in [0.15, 0.2) is 36.4 Å². The summed E-state index contributed by atoms with van der Waals surface area (Å²) in [5, 5.41) is 19.8. The molecule has 138 valence electrons. The molecule has 0 radical (unpaired) electrons. The minimum absolute atomic E-state index is 0.0951.